The van der Waals surface area contributed by atoms with Crippen molar-refractivity contribution in [1.82, 2.24) is 0 Å². The number of benzene rings is 1. The zero-order valence-corrected chi connectivity index (χ0v) is 11.8. The Morgan fingerprint density at radius 1 is 1.30 bits per heavy atom. The maximum atomic E-state index is 12.3. The van der Waals surface area contributed by atoms with Crippen LogP contribution in [0.25, 0.3) is 0 Å². The quantitative estimate of drug-likeness (QED) is 0.920. The number of nitrogens with two attached hydrogens (primary N) is 1. The SMILES string of the molecule is NC(CN1C(=O)CCOc2ccccc21)C1CCCC1. The molecule has 1 atom stereocenters. The van der Waals surface area contributed by atoms with E-state index < -0.39 is 0 Å². The zero-order valence-electron chi connectivity index (χ0n) is 11.8. The van der Waals surface area contributed by atoms with Gasteiger partial charge < -0.3 is 15.4 Å². The molecule has 1 aliphatic heterocycles. The van der Waals surface area contributed by atoms with Gasteiger partial charge in [-0.05, 0) is 30.9 Å². The van der Waals surface area contributed by atoms with Crippen LogP contribution in [0.15, 0.2) is 24.3 Å². The summed E-state index contributed by atoms with van der Waals surface area (Å²) in [6.07, 6.45) is 5.35. The molecule has 0 saturated heterocycles. The molecule has 3 rings (SSSR count). The molecular formula is C16H22N2O2. The molecule has 1 heterocycles. The summed E-state index contributed by atoms with van der Waals surface area (Å²) in [6, 6.07) is 7.80. The van der Waals surface area contributed by atoms with E-state index in [0.717, 1.165) is 11.4 Å². The van der Waals surface area contributed by atoms with E-state index in [-0.39, 0.29) is 11.9 Å². The van der Waals surface area contributed by atoms with Crippen molar-refractivity contribution in [3.8, 4) is 5.75 Å². The van der Waals surface area contributed by atoms with Gasteiger partial charge in [-0.2, -0.15) is 0 Å². The molecule has 1 fully saturated rings. The second-order valence-electron chi connectivity index (χ2n) is 5.78. The van der Waals surface area contributed by atoms with Crippen LogP contribution in [0.5, 0.6) is 5.75 Å². The van der Waals surface area contributed by atoms with Crippen LogP contribution in [0, 0.1) is 5.92 Å². The maximum absolute atomic E-state index is 12.3. The number of hydrogen-bond acceptors (Lipinski definition) is 3. The minimum atomic E-state index is 0.0626. The number of nitrogens with zero attached hydrogens (tertiary/aromatic N) is 1. The van der Waals surface area contributed by atoms with Gasteiger partial charge in [0.15, 0.2) is 0 Å². The summed E-state index contributed by atoms with van der Waals surface area (Å²) in [6.45, 7) is 1.05. The standard InChI is InChI=1S/C16H22N2O2/c17-13(12-5-1-2-6-12)11-18-14-7-3-4-8-15(14)20-10-9-16(18)19/h3-4,7-8,12-13H,1-2,5-6,9-11,17H2. The minimum Gasteiger partial charge on any atom is -0.491 e. The molecule has 1 unspecified atom stereocenters. The van der Waals surface area contributed by atoms with E-state index in [4.69, 9.17) is 10.5 Å². The number of rotatable bonds is 3. The molecule has 2 N–H and O–H groups in total. The summed E-state index contributed by atoms with van der Waals surface area (Å²) in [5, 5.41) is 0. The molecule has 0 aromatic heterocycles. The number of hydrogen-bond donors (Lipinski definition) is 1. The highest BCUT2D eigenvalue weighted by Gasteiger charge is 2.28. The Morgan fingerprint density at radius 2 is 2.05 bits per heavy atom. The molecule has 2 aliphatic rings. The molecular weight excluding hydrogens is 252 g/mol. The highest BCUT2D eigenvalue weighted by atomic mass is 16.5. The highest BCUT2D eigenvalue weighted by Crippen LogP contribution is 2.33. The lowest BCUT2D eigenvalue weighted by atomic mass is 9.98. The number of amides is 1. The molecule has 4 nitrogen and oxygen atoms in total. The van der Waals surface area contributed by atoms with Crippen molar-refractivity contribution in [1.29, 1.82) is 0 Å². The molecule has 1 aliphatic carbocycles. The van der Waals surface area contributed by atoms with Gasteiger partial charge in [-0.25, -0.2) is 0 Å². The van der Waals surface area contributed by atoms with Crippen molar-refractivity contribution in [3.63, 3.8) is 0 Å². The van der Waals surface area contributed by atoms with Gasteiger partial charge in [0.05, 0.1) is 18.7 Å². The number of ether oxygens (including phenoxy) is 1. The molecule has 1 saturated carbocycles. The Labute approximate surface area is 119 Å². The van der Waals surface area contributed by atoms with Crippen LogP contribution in [-0.4, -0.2) is 25.1 Å². The summed E-state index contributed by atoms with van der Waals surface area (Å²) in [5.41, 5.74) is 7.21. The smallest absolute Gasteiger partial charge is 0.230 e. The molecule has 0 radical (unpaired) electrons. The molecule has 20 heavy (non-hydrogen) atoms. The Kier molecular flexibility index (Phi) is 3.92. The monoisotopic (exact) mass is 274 g/mol. The summed E-state index contributed by atoms with van der Waals surface area (Å²) in [5.74, 6) is 1.46. The molecule has 108 valence electrons. The van der Waals surface area contributed by atoms with Gasteiger partial charge in [-0.15, -0.1) is 0 Å². The third-order valence-electron chi connectivity index (χ3n) is 4.43. The lowest BCUT2D eigenvalue weighted by Crippen LogP contribution is -2.44. The molecule has 1 amide bonds. The summed E-state index contributed by atoms with van der Waals surface area (Å²) in [7, 11) is 0. The molecule has 1 aromatic rings. The molecule has 1 aromatic carbocycles. The lowest BCUT2D eigenvalue weighted by molar-refractivity contribution is -0.118. The molecule has 0 bridgehead atoms. The topological polar surface area (TPSA) is 55.6 Å². The first-order valence-electron chi connectivity index (χ1n) is 7.53. The van der Waals surface area contributed by atoms with Crippen LogP contribution >= 0.6 is 0 Å². The summed E-state index contributed by atoms with van der Waals surface area (Å²) >= 11 is 0. The van der Waals surface area contributed by atoms with E-state index in [1.807, 2.05) is 29.2 Å². The Hall–Kier alpha value is -1.55. The van der Waals surface area contributed by atoms with Crippen LogP contribution < -0.4 is 15.4 Å². The number of para-hydroxylation sites is 2. The predicted molar refractivity (Wildman–Crippen MR) is 78.8 cm³/mol. The van der Waals surface area contributed by atoms with Crippen molar-refractivity contribution in [3.05, 3.63) is 24.3 Å². The fraction of sp³-hybridized carbons (Fsp3) is 0.562. The van der Waals surface area contributed by atoms with Crippen LogP contribution in [0.1, 0.15) is 32.1 Å². The van der Waals surface area contributed by atoms with Gasteiger partial charge in [0.1, 0.15) is 5.75 Å². The van der Waals surface area contributed by atoms with Crippen LogP contribution in [0.4, 0.5) is 5.69 Å². The van der Waals surface area contributed by atoms with Crippen LogP contribution in [0.2, 0.25) is 0 Å². The van der Waals surface area contributed by atoms with Crippen molar-refractivity contribution in [2.45, 2.75) is 38.1 Å². The van der Waals surface area contributed by atoms with E-state index in [1.165, 1.54) is 25.7 Å². The Bertz CT molecular complexity index is 483. The van der Waals surface area contributed by atoms with Gasteiger partial charge in [0.25, 0.3) is 0 Å². The average Bonchev–Trinajstić information content (AvgIpc) is 2.94. The first-order valence-corrected chi connectivity index (χ1v) is 7.53. The molecule has 4 heteroatoms. The van der Waals surface area contributed by atoms with Crippen LogP contribution in [0.3, 0.4) is 0 Å². The lowest BCUT2D eigenvalue weighted by Gasteiger charge is -2.28. The number of carbonyl (C=O) groups is 1. The number of carbonyl (C=O) groups excluding carboxylic acids is 1. The van der Waals surface area contributed by atoms with E-state index >= 15 is 0 Å². The van der Waals surface area contributed by atoms with Gasteiger partial charge in [0.2, 0.25) is 5.91 Å². The maximum Gasteiger partial charge on any atom is 0.230 e. The number of anilines is 1. The third kappa shape index (κ3) is 2.66. The van der Waals surface area contributed by atoms with Gasteiger partial charge >= 0.3 is 0 Å². The summed E-state index contributed by atoms with van der Waals surface area (Å²) in [4.78, 5) is 14.1. The normalized spacial score (nSPS) is 21.2. The van der Waals surface area contributed by atoms with Gasteiger partial charge in [-0.1, -0.05) is 25.0 Å². The van der Waals surface area contributed by atoms with Crippen LogP contribution in [-0.2, 0) is 4.79 Å². The number of fused-ring (bicyclic) bond motifs is 1. The minimum absolute atomic E-state index is 0.0626. The van der Waals surface area contributed by atoms with Crippen molar-refractivity contribution < 1.29 is 9.53 Å². The summed E-state index contributed by atoms with van der Waals surface area (Å²) < 4.78 is 5.65. The molecule has 0 spiro atoms. The van der Waals surface area contributed by atoms with E-state index in [2.05, 4.69) is 0 Å². The second kappa shape index (κ2) is 5.83. The van der Waals surface area contributed by atoms with Gasteiger partial charge in [-0.3, -0.25) is 4.79 Å². The zero-order chi connectivity index (χ0) is 13.9. The predicted octanol–water partition coefficient (Wildman–Crippen LogP) is 2.32. The van der Waals surface area contributed by atoms with E-state index in [9.17, 15) is 4.79 Å². The average molecular weight is 274 g/mol. The largest absolute Gasteiger partial charge is 0.491 e. The Balaban J connectivity index is 1.80. The fourth-order valence-corrected chi connectivity index (χ4v) is 3.27. The Morgan fingerprint density at radius 3 is 2.85 bits per heavy atom. The van der Waals surface area contributed by atoms with Crippen molar-refractivity contribution in [2.75, 3.05) is 18.1 Å². The first kappa shape index (κ1) is 13.4. The van der Waals surface area contributed by atoms with Crippen molar-refractivity contribution in [2.24, 2.45) is 11.7 Å². The van der Waals surface area contributed by atoms with Crippen molar-refractivity contribution >= 4 is 11.6 Å². The first-order chi connectivity index (χ1) is 9.75. The fourth-order valence-electron chi connectivity index (χ4n) is 3.27. The van der Waals surface area contributed by atoms with Gasteiger partial charge in [0, 0.05) is 12.6 Å². The third-order valence-corrected chi connectivity index (χ3v) is 4.43. The van der Waals surface area contributed by atoms with E-state index in [0.29, 0.717) is 25.5 Å². The van der Waals surface area contributed by atoms with E-state index in [1.54, 1.807) is 0 Å². The second-order valence-corrected chi connectivity index (χ2v) is 5.78. The highest BCUT2D eigenvalue weighted by molar-refractivity contribution is 5.95.